The van der Waals surface area contributed by atoms with Crippen molar-refractivity contribution in [2.75, 3.05) is 0 Å². The van der Waals surface area contributed by atoms with E-state index in [0.29, 0.717) is 12.4 Å². The quantitative estimate of drug-likeness (QED) is 0.523. The topological polar surface area (TPSA) is 34.1 Å². The molecule has 3 nitrogen and oxygen atoms in total. The minimum Gasteiger partial charge on any atom is -0.439 e. The van der Waals surface area contributed by atoms with E-state index in [1.54, 1.807) is 12.3 Å². The number of nitrogens with one attached hydrogen (secondary N) is 1. The van der Waals surface area contributed by atoms with E-state index in [1.165, 1.54) is 23.3 Å². The highest BCUT2D eigenvalue weighted by molar-refractivity contribution is 5.68. The maximum atomic E-state index is 12.9. The Morgan fingerprint density at radius 2 is 1.83 bits per heavy atom. The van der Waals surface area contributed by atoms with Crippen LogP contribution in [0.3, 0.4) is 0 Å². The zero-order valence-electron chi connectivity index (χ0n) is 16.2. The van der Waals surface area contributed by atoms with Crippen LogP contribution in [0.4, 0.5) is 13.2 Å². The van der Waals surface area contributed by atoms with Gasteiger partial charge in [0, 0.05) is 24.3 Å². The van der Waals surface area contributed by atoms with Gasteiger partial charge in [-0.2, -0.15) is 13.2 Å². The fraction of sp³-hybridized carbons (Fsp3) is 0.208. The second-order valence-electron chi connectivity index (χ2n) is 7.18. The van der Waals surface area contributed by atoms with Gasteiger partial charge in [-0.15, -0.1) is 0 Å². The Hall–Kier alpha value is -3.12. The number of alkyl halides is 3. The molecule has 0 amide bonds. The molecule has 0 bridgehead atoms. The van der Waals surface area contributed by atoms with E-state index in [-0.39, 0.29) is 11.8 Å². The highest BCUT2D eigenvalue weighted by atomic mass is 19.4. The number of pyridine rings is 1. The Balaban J connectivity index is 1.44. The number of aromatic nitrogens is 1. The van der Waals surface area contributed by atoms with Gasteiger partial charge in [0.05, 0.1) is 5.56 Å². The monoisotopic (exact) mass is 410 g/mol. The summed E-state index contributed by atoms with van der Waals surface area (Å²) >= 11 is 0. The van der Waals surface area contributed by atoms with Gasteiger partial charge in [-0.3, -0.25) is 0 Å². The van der Waals surface area contributed by atoms with Crippen molar-refractivity contribution in [2.24, 2.45) is 0 Å². The molecule has 1 atom stereocenters. The predicted molar refractivity (Wildman–Crippen MR) is 110 cm³/mol. The summed E-state index contributed by atoms with van der Waals surface area (Å²) in [7, 11) is 0. The molecular formula is C24H21F3N2O. The van der Waals surface area contributed by atoms with Crippen molar-refractivity contribution >= 4 is 5.57 Å². The number of benzene rings is 2. The molecule has 3 aromatic rings. The number of hydrogen-bond acceptors (Lipinski definition) is 3. The van der Waals surface area contributed by atoms with Crippen LogP contribution in [0, 0.1) is 0 Å². The van der Waals surface area contributed by atoms with Crippen LogP contribution in [0.1, 0.15) is 29.5 Å². The van der Waals surface area contributed by atoms with Crippen LogP contribution in [0.2, 0.25) is 0 Å². The molecule has 0 saturated heterocycles. The fourth-order valence-electron chi connectivity index (χ4n) is 3.51. The Labute approximate surface area is 173 Å². The molecule has 1 aromatic heterocycles. The molecule has 4 rings (SSSR count). The number of ether oxygens (including phenoxy) is 1. The zero-order chi connectivity index (χ0) is 21.0. The number of rotatable bonds is 6. The third kappa shape index (κ3) is 4.89. The van der Waals surface area contributed by atoms with Crippen LogP contribution in [0.5, 0.6) is 11.6 Å². The Kier molecular flexibility index (Phi) is 5.86. The minimum absolute atomic E-state index is 0.108. The van der Waals surface area contributed by atoms with E-state index in [2.05, 4.69) is 28.5 Å². The van der Waals surface area contributed by atoms with Gasteiger partial charge in [-0.25, -0.2) is 4.98 Å². The first kappa shape index (κ1) is 20.2. The van der Waals surface area contributed by atoms with Crippen molar-refractivity contribution in [3.8, 4) is 11.6 Å². The van der Waals surface area contributed by atoms with E-state index in [0.717, 1.165) is 30.5 Å². The number of hydrogen-bond donors (Lipinski definition) is 1. The average molecular weight is 410 g/mol. The molecule has 0 aliphatic heterocycles. The molecule has 1 aliphatic carbocycles. The minimum atomic E-state index is -4.42. The lowest BCUT2D eigenvalue weighted by Crippen LogP contribution is -2.24. The van der Waals surface area contributed by atoms with Gasteiger partial charge in [-0.05, 0) is 48.2 Å². The predicted octanol–water partition coefficient (Wildman–Crippen LogP) is 6.23. The maximum Gasteiger partial charge on any atom is 0.416 e. The summed E-state index contributed by atoms with van der Waals surface area (Å²) in [5, 5.41) is 3.48. The van der Waals surface area contributed by atoms with Crippen molar-refractivity contribution in [3.05, 3.63) is 95.7 Å². The average Bonchev–Trinajstić information content (AvgIpc) is 3.22. The maximum absolute atomic E-state index is 12.9. The largest absolute Gasteiger partial charge is 0.439 e. The summed E-state index contributed by atoms with van der Waals surface area (Å²) < 4.78 is 44.5. The van der Waals surface area contributed by atoms with Gasteiger partial charge in [-0.1, -0.05) is 48.5 Å². The molecule has 0 spiro atoms. The standard InChI is InChI=1S/C24H21F3N2O/c25-24(26,27)20-9-4-10-22(15-20)30-23-19(8-5-13-28-23)16-29-21-12-11-18(14-21)17-6-2-1-3-7-17/h1-10,13-15,21,29H,11-12,16H2. The Morgan fingerprint density at radius 1 is 1.00 bits per heavy atom. The van der Waals surface area contributed by atoms with Crippen LogP contribution in [-0.4, -0.2) is 11.0 Å². The van der Waals surface area contributed by atoms with Crippen LogP contribution < -0.4 is 10.1 Å². The van der Waals surface area contributed by atoms with Gasteiger partial charge < -0.3 is 10.1 Å². The van der Waals surface area contributed by atoms with Crippen LogP contribution >= 0.6 is 0 Å². The first-order valence-electron chi connectivity index (χ1n) is 9.77. The van der Waals surface area contributed by atoms with E-state index < -0.39 is 11.7 Å². The molecule has 1 unspecified atom stereocenters. The summed E-state index contributed by atoms with van der Waals surface area (Å²) in [5.41, 5.74) is 2.59. The molecule has 1 aliphatic rings. The third-order valence-electron chi connectivity index (χ3n) is 5.05. The van der Waals surface area contributed by atoms with Gasteiger partial charge in [0.1, 0.15) is 5.75 Å². The molecule has 1 heterocycles. The second kappa shape index (κ2) is 8.71. The summed E-state index contributed by atoms with van der Waals surface area (Å²) in [4.78, 5) is 4.21. The lowest BCUT2D eigenvalue weighted by atomic mass is 10.1. The van der Waals surface area contributed by atoms with E-state index >= 15 is 0 Å². The molecule has 0 radical (unpaired) electrons. The first-order valence-corrected chi connectivity index (χ1v) is 9.77. The van der Waals surface area contributed by atoms with Crippen molar-refractivity contribution in [2.45, 2.75) is 31.6 Å². The second-order valence-corrected chi connectivity index (χ2v) is 7.18. The summed E-state index contributed by atoms with van der Waals surface area (Å²) in [6, 6.07) is 19.0. The molecule has 30 heavy (non-hydrogen) atoms. The molecule has 154 valence electrons. The normalized spacial score (nSPS) is 16.4. The highest BCUT2D eigenvalue weighted by Gasteiger charge is 2.30. The summed E-state index contributed by atoms with van der Waals surface area (Å²) in [6.45, 7) is 0.505. The highest BCUT2D eigenvalue weighted by Crippen LogP contribution is 2.33. The van der Waals surface area contributed by atoms with E-state index in [4.69, 9.17) is 4.74 Å². The first-order chi connectivity index (χ1) is 14.5. The molecule has 0 saturated carbocycles. The van der Waals surface area contributed by atoms with Gasteiger partial charge in [0.2, 0.25) is 5.88 Å². The summed E-state index contributed by atoms with van der Waals surface area (Å²) in [5.74, 6) is 0.409. The zero-order valence-corrected chi connectivity index (χ0v) is 16.2. The SMILES string of the molecule is FC(F)(F)c1cccc(Oc2ncccc2CNC2C=C(c3ccccc3)CC2)c1. The summed E-state index contributed by atoms with van der Waals surface area (Å²) in [6.07, 6.45) is 1.38. The van der Waals surface area contributed by atoms with Gasteiger partial charge >= 0.3 is 6.18 Å². The number of halogens is 3. The lowest BCUT2D eigenvalue weighted by Gasteiger charge is -2.14. The molecular weight excluding hydrogens is 389 g/mol. The van der Waals surface area contributed by atoms with Crippen molar-refractivity contribution in [1.29, 1.82) is 0 Å². The molecule has 1 N–H and O–H groups in total. The van der Waals surface area contributed by atoms with Gasteiger partial charge in [0.25, 0.3) is 0 Å². The molecule has 2 aromatic carbocycles. The Bertz CT molecular complexity index is 1030. The number of nitrogens with zero attached hydrogens (tertiary/aromatic N) is 1. The smallest absolute Gasteiger partial charge is 0.416 e. The lowest BCUT2D eigenvalue weighted by molar-refractivity contribution is -0.137. The fourth-order valence-corrected chi connectivity index (χ4v) is 3.51. The van der Waals surface area contributed by atoms with Crippen molar-refractivity contribution in [3.63, 3.8) is 0 Å². The van der Waals surface area contributed by atoms with Crippen LogP contribution in [0.25, 0.3) is 5.57 Å². The number of allylic oxidation sites excluding steroid dienone is 1. The van der Waals surface area contributed by atoms with Crippen LogP contribution in [0.15, 0.2) is 79.0 Å². The molecule has 0 fully saturated rings. The van der Waals surface area contributed by atoms with Crippen LogP contribution in [-0.2, 0) is 12.7 Å². The Morgan fingerprint density at radius 3 is 2.63 bits per heavy atom. The van der Waals surface area contributed by atoms with E-state index in [9.17, 15) is 13.2 Å². The van der Waals surface area contributed by atoms with E-state index in [1.807, 2.05) is 24.3 Å². The molecule has 6 heteroatoms. The van der Waals surface area contributed by atoms with Gasteiger partial charge in [0.15, 0.2) is 0 Å². The van der Waals surface area contributed by atoms with Crippen molar-refractivity contribution < 1.29 is 17.9 Å². The third-order valence-corrected chi connectivity index (χ3v) is 5.05. The van der Waals surface area contributed by atoms with Crippen molar-refractivity contribution in [1.82, 2.24) is 10.3 Å².